The summed E-state index contributed by atoms with van der Waals surface area (Å²) in [6.07, 6.45) is 4.02. The standard InChI is InChI=1S/C10H22N2O/c1-2-11-6-3-9-13-10-4-7-12-8-5-10/h10-12H,2-9H2,1H3. The minimum absolute atomic E-state index is 0.517. The van der Waals surface area contributed by atoms with Crippen LogP contribution in [0.2, 0.25) is 0 Å². The topological polar surface area (TPSA) is 33.3 Å². The zero-order chi connectivity index (χ0) is 9.36. The van der Waals surface area contributed by atoms with Gasteiger partial charge in [0.15, 0.2) is 0 Å². The number of hydrogen-bond donors (Lipinski definition) is 2. The van der Waals surface area contributed by atoms with Crippen LogP contribution < -0.4 is 10.6 Å². The summed E-state index contributed by atoms with van der Waals surface area (Å²) in [5.74, 6) is 0. The van der Waals surface area contributed by atoms with Gasteiger partial charge in [-0.1, -0.05) is 6.92 Å². The lowest BCUT2D eigenvalue weighted by atomic mass is 10.1. The molecule has 0 unspecified atom stereocenters. The predicted molar refractivity (Wildman–Crippen MR) is 55.0 cm³/mol. The smallest absolute Gasteiger partial charge is 0.0599 e. The van der Waals surface area contributed by atoms with Crippen molar-refractivity contribution < 1.29 is 4.74 Å². The molecule has 1 heterocycles. The third-order valence-corrected chi connectivity index (χ3v) is 2.39. The zero-order valence-corrected chi connectivity index (χ0v) is 8.64. The average Bonchev–Trinajstić information content (AvgIpc) is 2.19. The Balaban J connectivity index is 1.86. The third-order valence-electron chi connectivity index (χ3n) is 2.39. The quantitative estimate of drug-likeness (QED) is 0.601. The largest absolute Gasteiger partial charge is 0.378 e. The Labute approximate surface area is 81.2 Å². The Morgan fingerprint density at radius 2 is 2.15 bits per heavy atom. The molecule has 0 aromatic rings. The van der Waals surface area contributed by atoms with Gasteiger partial charge < -0.3 is 15.4 Å². The maximum Gasteiger partial charge on any atom is 0.0599 e. The van der Waals surface area contributed by atoms with Gasteiger partial charge in [-0.2, -0.15) is 0 Å². The van der Waals surface area contributed by atoms with E-state index in [-0.39, 0.29) is 0 Å². The van der Waals surface area contributed by atoms with Crippen LogP contribution in [0.1, 0.15) is 26.2 Å². The van der Waals surface area contributed by atoms with Crippen LogP contribution in [0.3, 0.4) is 0 Å². The summed E-state index contributed by atoms with van der Waals surface area (Å²) in [5, 5.41) is 6.63. The number of hydrogen-bond acceptors (Lipinski definition) is 3. The number of nitrogens with one attached hydrogen (secondary N) is 2. The van der Waals surface area contributed by atoms with Gasteiger partial charge in [0, 0.05) is 6.61 Å². The first-order valence-corrected chi connectivity index (χ1v) is 5.46. The molecular formula is C10H22N2O. The van der Waals surface area contributed by atoms with E-state index in [1.54, 1.807) is 0 Å². The maximum atomic E-state index is 5.75. The first-order valence-electron chi connectivity index (χ1n) is 5.46. The summed E-state index contributed by atoms with van der Waals surface area (Å²) in [7, 11) is 0. The highest BCUT2D eigenvalue weighted by atomic mass is 16.5. The Bertz CT molecular complexity index is 113. The lowest BCUT2D eigenvalue weighted by Crippen LogP contribution is -2.32. The van der Waals surface area contributed by atoms with Crippen molar-refractivity contribution in [3.8, 4) is 0 Å². The first-order chi connectivity index (χ1) is 6.43. The monoisotopic (exact) mass is 186 g/mol. The van der Waals surface area contributed by atoms with Gasteiger partial charge in [0.1, 0.15) is 0 Å². The van der Waals surface area contributed by atoms with Crippen molar-refractivity contribution in [2.24, 2.45) is 0 Å². The molecule has 0 aromatic heterocycles. The highest BCUT2D eigenvalue weighted by Crippen LogP contribution is 2.06. The fraction of sp³-hybridized carbons (Fsp3) is 1.00. The third kappa shape index (κ3) is 5.24. The van der Waals surface area contributed by atoms with E-state index in [1.165, 1.54) is 12.8 Å². The first kappa shape index (κ1) is 11.0. The molecule has 1 saturated heterocycles. The van der Waals surface area contributed by atoms with Crippen molar-refractivity contribution in [2.45, 2.75) is 32.3 Å². The Morgan fingerprint density at radius 1 is 1.38 bits per heavy atom. The number of rotatable bonds is 6. The molecule has 0 bridgehead atoms. The molecule has 0 saturated carbocycles. The molecule has 1 aliphatic rings. The second kappa shape index (κ2) is 7.30. The molecule has 0 spiro atoms. The molecule has 3 nitrogen and oxygen atoms in total. The highest BCUT2D eigenvalue weighted by molar-refractivity contribution is 4.67. The molecule has 1 fully saturated rings. The summed E-state index contributed by atoms with van der Waals surface area (Å²) in [6, 6.07) is 0. The molecule has 78 valence electrons. The van der Waals surface area contributed by atoms with Crippen LogP contribution in [0, 0.1) is 0 Å². The van der Waals surface area contributed by atoms with Crippen LogP contribution in [-0.4, -0.2) is 38.9 Å². The van der Waals surface area contributed by atoms with E-state index in [4.69, 9.17) is 4.74 Å². The molecule has 0 radical (unpaired) electrons. The van der Waals surface area contributed by atoms with E-state index in [9.17, 15) is 0 Å². The molecule has 2 N–H and O–H groups in total. The molecular weight excluding hydrogens is 164 g/mol. The fourth-order valence-electron chi connectivity index (χ4n) is 1.59. The summed E-state index contributed by atoms with van der Waals surface area (Å²) in [4.78, 5) is 0. The fourth-order valence-corrected chi connectivity index (χ4v) is 1.59. The Hall–Kier alpha value is -0.120. The van der Waals surface area contributed by atoms with Crippen LogP contribution in [-0.2, 0) is 4.74 Å². The number of piperidine rings is 1. The van der Waals surface area contributed by atoms with Crippen molar-refractivity contribution in [1.82, 2.24) is 10.6 Å². The second-order valence-corrected chi connectivity index (χ2v) is 3.53. The van der Waals surface area contributed by atoms with Gasteiger partial charge in [0.25, 0.3) is 0 Å². The van der Waals surface area contributed by atoms with E-state index >= 15 is 0 Å². The van der Waals surface area contributed by atoms with Crippen molar-refractivity contribution in [3.63, 3.8) is 0 Å². The van der Waals surface area contributed by atoms with Crippen molar-refractivity contribution in [3.05, 3.63) is 0 Å². The van der Waals surface area contributed by atoms with Gasteiger partial charge >= 0.3 is 0 Å². The minimum Gasteiger partial charge on any atom is -0.378 e. The van der Waals surface area contributed by atoms with E-state index in [0.717, 1.165) is 39.2 Å². The van der Waals surface area contributed by atoms with Gasteiger partial charge in [-0.25, -0.2) is 0 Å². The molecule has 1 aliphatic heterocycles. The predicted octanol–water partition coefficient (Wildman–Crippen LogP) is 0.755. The lowest BCUT2D eigenvalue weighted by Gasteiger charge is -2.22. The van der Waals surface area contributed by atoms with Gasteiger partial charge in [0.2, 0.25) is 0 Å². The van der Waals surface area contributed by atoms with Crippen molar-refractivity contribution >= 4 is 0 Å². The van der Waals surface area contributed by atoms with Crippen LogP contribution in [0.25, 0.3) is 0 Å². The molecule has 1 rings (SSSR count). The van der Waals surface area contributed by atoms with Crippen molar-refractivity contribution in [1.29, 1.82) is 0 Å². The molecule has 0 amide bonds. The second-order valence-electron chi connectivity index (χ2n) is 3.53. The van der Waals surface area contributed by atoms with Gasteiger partial charge in [-0.15, -0.1) is 0 Å². The summed E-state index contributed by atoms with van der Waals surface area (Å²) >= 11 is 0. The summed E-state index contributed by atoms with van der Waals surface area (Å²) in [5.41, 5.74) is 0. The normalized spacial score (nSPS) is 19.2. The number of ether oxygens (including phenoxy) is 1. The zero-order valence-electron chi connectivity index (χ0n) is 8.64. The Morgan fingerprint density at radius 3 is 2.85 bits per heavy atom. The molecule has 3 heteroatoms. The van der Waals surface area contributed by atoms with Crippen LogP contribution >= 0.6 is 0 Å². The maximum absolute atomic E-state index is 5.75. The van der Waals surface area contributed by atoms with Gasteiger partial charge in [-0.3, -0.25) is 0 Å². The minimum atomic E-state index is 0.517. The lowest BCUT2D eigenvalue weighted by molar-refractivity contribution is 0.0318. The average molecular weight is 186 g/mol. The molecule has 0 aliphatic carbocycles. The Kier molecular flexibility index (Phi) is 6.15. The highest BCUT2D eigenvalue weighted by Gasteiger charge is 2.12. The van der Waals surface area contributed by atoms with E-state index < -0.39 is 0 Å². The van der Waals surface area contributed by atoms with Crippen LogP contribution in [0.5, 0.6) is 0 Å². The van der Waals surface area contributed by atoms with E-state index in [2.05, 4.69) is 17.6 Å². The molecule has 0 atom stereocenters. The van der Waals surface area contributed by atoms with Gasteiger partial charge in [0.05, 0.1) is 6.10 Å². The molecule has 0 aromatic carbocycles. The van der Waals surface area contributed by atoms with E-state index in [1.807, 2.05) is 0 Å². The van der Waals surface area contributed by atoms with E-state index in [0.29, 0.717) is 6.10 Å². The molecule has 13 heavy (non-hydrogen) atoms. The van der Waals surface area contributed by atoms with Gasteiger partial charge in [-0.05, 0) is 45.4 Å². The van der Waals surface area contributed by atoms with Crippen molar-refractivity contribution in [2.75, 3.05) is 32.8 Å². The summed E-state index contributed by atoms with van der Waals surface area (Å²) < 4.78 is 5.75. The SMILES string of the molecule is CCNCCCOC1CCNCC1. The summed E-state index contributed by atoms with van der Waals surface area (Å²) in [6.45, 7) is 7.44. The van der Waals surface area contributed by atoms with Crippen LogP contribution in [0.4, 0.5) is 0 Å². The van der Waals surface area contributed by atoms with Crippen LogP contribution in [0.15, 0.2) is 0 Å².